The fourth-order valence-corrected chi connectivity index (χ4v) is 4.78. The van der Waals surface area contributed by atoms with E-state index < -0.39 is 0 Å². The number of aromatic nitrogens is 2. The quantitative estimate of drug-likeness (QED) is 0.335. The third-order valence-corrected chi connectivity index (χ3v) is 6.30. The van der Waals surface area contributed by atoms with Gasteiger partial charge in [-0.1, -0.05) is 18.2 Å². The highest BCUT2D eigenvalue weighted by Gasteiger charge is 2.25. The molecular formula is C27H25N3O3S. The fraction of sp³-hybridized carbons (Fsp3) is 0.185. The van der Waals surface area contributed by atoms with Crippen molar-refractivity contribution in [2.75, 3.05) is 5.32 Å². The van der Waals surface area contributed by atoms with Crippen molar-refractivity contribution in [2.24, 2.45) is 0 Å². The predicted molar refractivity (Wildman–Crippen MR) is 135 cm³/mol. The monoisotopic (exact) mass is 471 g/mol. The van der Waals surface area contributed by atoms with Crippen LogP contribution in [0.25, 0.3) is 5.69 Å². The second-order valence-electron chi connectivity index (χ2n) is 8.23. The Morgan fingerprint density at radius 1 is 0.912 bits per heavy atom. The molecule has 1 aliphatic rings. The molecule has 1 aromatic heterocycles. The molecular weight excluding hydrogens is 446 g/mol. The summed E-state index contributed by atoms with van der Waals surface area (Å²) in [6, 6.07) is 24.5. The summed E-state index contributed by atoms with van der Waals surface area (Å²) in [5.41, 5.74) is 3.50. The first-order valence-corrected chi connectivity index (χ1v) is 12.3. The van der Waals surface area contributed by atoms with E-state index in [1.807, 2.05) is 85.3 Å². The number of hydrogen-bond acceptors (Lipinski definition) is 5. The zero-order chi connectivity index (χ0) is 23.5. The summed E-state index contributed by atoms with van der Waals surface area (Å²) in [5.74, 6) is 4.45. The van der Waals surface area contributed by atoms with Crippen LogP contribution in [0.1, 0.15) is 35.5 Å². The Morgan fingerprint density at radius 3 is 2.29 bits per heavy atom. The van der Waals surface area contributed by atoms with Crippen molar-refractivity contribution in [3.63, 3.8) is 0 Å². The van der Waals surface area contributed by atoms with Crippen molar-refractivity contribution < 1.29 is 14.3 Å². The summed E-state index contributed by atoms with van der Waals surface area (Å²) in [7, 11) is 0. The topological polar surface area (TPSA) is 65.4 Å². The van der Waals surface area contributed by atoms with Crippen molar-refractivity contribution in [2.45, 2.75) is 31.5 Å². The number of thioether (sulfide) groups is 1. The molecule has 6 nitrogen and oxygen atoms in total. The second kappa shape index (κ2) is 9.65. The van der Waals surface area contributed by atoms with E-state index >= 15 is 0 Å². The first-order chi connectivity index (χ1) is 16.6. The Morgan fingerprint density at radius 2 is 1.59 bits per heavy atom. The summed E-state index contributed by atoms with van der Waals surface area (Å²) in [6.45, 7) is 3.95. The molecule has 3 aromatic carbocycles. The lowest BCUT2D eigenvalue weighted by atomic mass is 10.2. The van der Waals surface area contributed by atoms with E-state index in [4.69, 9.17) is 14.6 Å². The van der Waals surface area contributed by atoms with Gasteiger partial charge in [0.1, 0.15) is 23.1 Å². The molecule has 0 aliphatic carbocycles. The lowest BCUT2D eigenvalue weighted by Crippen LogP contribution is -2.16. The molecule has 34 heavy (non-hydrogen) atoms. The van der Waals surface area contributed by atoms with Gasteiger partial charge in [0.15, 0.2) is 0 Å². The van der Waals surface area contributed by atoms with Gasteiger partial charge in [0.25, 0.3) is 5.91 Å². The van der Waals surface area contributed by atoms with Crippen LogP contribution in [0.2, 0.25) is 0 Å². The number of benzene rings is 3. The average Bonchev–Trinajstić information content (AvgIpc) is 3.43. The summed E-state index contributed by atoms with van der Waals surface area (Å²) in [5, 5.41) is 7.88. The van der Waals surface area contributed by atoms with Gasteiger partial charge in [0, 0.05) is 22.6 Å². The van der Waals surface area contributed by atoms with E-state index in [0.29, 0.717) is 11.4 Å². The van der Waals surface area contributed by atoms with Crippen molar-refractivity contribution in [3.05, 3.63) is 95.7 Å². The molecule has 0 fully saturated rings. The zero-order valence-corrected chi connectivity index (χ0v) is 19.8. The standard InChI is InChI=1S/C27H25N3O3S/c1-18(2)32-22-12-8-19(9-13-22)27(31)28-26-24-16-34-17-25(24)29-30(26)20-10-14-23(15-11-20)33-21-6-4-3-5-7-21/h3-15,18H,16-17H2,1-2H3,(H,28,31). The normalized spacial score (nSPS) is 12.4. The smallest absolute Gasteiger partial charge is 0.256 e. The Bertz CT molecular complexity index is 1280. The lowest BCUT2D eigenvalue weighted by Gasteiger charge is -2.13. The molecule has 0 saturated heterocycles. The van der Waals surface area contributed by atoms with Crippen LogP contribution in [0.3, 0.4) is 0 Å². The Balaban J connectivity index is 1.38. The number of para-hydroxylation sites is 1. The molecule has 0 bridgehead atoms. The molecule has 0 saturated carbocycles. The summed E-state index contributed by atoms with van der Waals surface area (Å²) >= 11 is 1.80. The minimum Gasteiger partial charge on any atom is -0.491 e. The molecule has 1 amide bonds. The number of rotatable bonds is 7. The maximum Gasteiger partial charge on any atom is 0.256 e. The number of fused-ring (bicyclic) bond motifs is 1. The number of nitrogens with one attached hydrogen (secondary N) is 1. The number of carbonyl (C=O) groups is 1. The molecule has 4 aromatic rings. The fourth-order valence-electron chi connectivity index (χ4n) is 3.74. The minimum absolute atomic E-state index is 0.0820. The molecule has 0 radical (unpaired) electrons. The zero-order valence-electron chi connectivity index (χ0n) is 19.0. The molecule has 2 heterocycles. The number of hydrogen-bond donors (Lipinski definition) is 1. The number of amides is 1. The van der Waals surface area contributed by atoms with Crippen molar-refractivity contribution in [1.29, 1.82) is 0 Å². The van der Waals surface area contributed by atoms with Crippen molar-refractivity contribution >= 4 is 23.5 Å². The van der Waals surface area contributed by atoms with Crippen LogP contribution in [-0.2, 0) is 11.5 Å². The molecule has 5 rings (SSSR count). The van der Waals surface area contributed by atoms with Crippen LogP contribution < -0.4 is 14.8 Å². The van der Waals surface area contributed by atoms with Gasteiger partial charge in [0.2, 0.25) is 0 Å². The van der Waals surface area contributed by atoms with Crippen LogP contribution >= 0.6 is 11.8 Å². The number of carbonyl (C=O) groups excluding carboxylic acids is 1. The third-order valence-electron chi connectivity index (χ3n) is 5.33. The lowest BCUT2D eigenvalue weighted by molar-refractivity contribution is 0.102. The highest BCUT2D eigenvalue weighted by molar-refractivity contribution is 7.98. The summed E-state index contributed by atoms with van der Waals surface area (Å²) < 4.78 is 13.4. The van der Waals surface area contributed by atoms with Crippen LogP contribution in [0, 0.1) is 0 Å². The van der Waals surface area contributed by atoms with Crippen molar-refractivity contribution in [1.82, 2.24) is 9.78 Å². The SMILES string of the molecule is CC(C)Oc1ccc(C(=O)Nc2c3c(nn2-c2ccc(Oc4ccccc4)cc2)CSC3)cc1. The van der Waals surface area contributed by atoms with Crippen LogP contribution in [0.5, 0.6) is 17.2 Å². The van der Waals surface area contributed by atoms with Gasteiger partial charge in [-0.05, 0) is 74.5 Å². The predicted octanol–water partition coefficient (Wildman–Crippen LogP) is 6.45. The average molecular weight is 472 g/mol. The largest absolute Gasteiger partial charge is 0.491 e. The Hall–Kier alpha value is -3.71. The Kier molecular flexibility index (Phi) is 6.27. The van der Waals surface area contributed by atoms with Crippen molar-refractivity contribution in [3.8, 4) is 22.9 Å². The molecule has 0 unspecified atom stereocenters. The van der Waals surface area contributed by atoms with Crippen LogP contribution in [0.4, 0.5) is 5.82 Å². The van der Waals surface area contributed by atoms with Gasteiger partial charge in [-0.25, -0.2) is 4.68 Å². The van der Waals surface area contributed by atoms with E-state index in [1.165, 1.54) is 0 Å². The number of nitrogens with zero attached hydrogens (tertiary/aromatic N) is 2. The summed E-state index contributed by atoms with van der Waals surface area (Å²) in [6.07, 6.45) is 0.0820. The van der Waals surface area contributed by atoms with Gasteiger partial charge in [0.05, 0.1) is 17.5 Å². The summed E-state index contributed by atoms with van der Waals surface area (Å²) in [4.78, 5) is 13.1. The third kappa shape index (κ3) is 4.79. The molecule has 1 N–H and O–H groups in total. The maximum absolute atomic E-state index is 13.1. The molecule has 0 atom stereocenters. The minimum atomic E-state index is -0.180. The number of anilines is 1. The second-order valence-corrected chi connectivity index (χ2v) is 9.22. The first kappa shape index (κ1) is 22.1. The Labute approximate surface area is 202 Å². The molecule has 172 valence electrons. The highest BCUT2D eigenvalue weighted by Crippen LogP contribution is 2.36. The van der Waals surface area contributed by atoms with E-state index in [9.17, 15) is 4.79 Å². The van der Waals surface area contributed by atoms with E-state index in [0.717, 1.165) is 45.7 Å². The van der Waals surface area contributed by atoms with Gasteiger partial charge in [-0.3, -0.25) is 4.79 Å². The van der Waals surface area contributed by atoms with Crippen LogP contribution in [0.15, 0.2) is 78.9 Å². The van der Waals surface area contributed by atoms with Crippen LogP contribution in [-0.4, -0.2) is 21.8 Å². The van der Waals surface area contributed by atoms with Gasteiger partial charge >= 0.3 is 0 Å². The number of ether oxygens (including phenoxy) is 2. The molecule has 7 heteroatoms. The molecule has 0 spiro atoms. The molecule has 1 aliphatic heterocycles. The van der Waals surface area contributed by atoms with Gasteiger partial charge in [-0.15, -0.1) is 0 Å². The maximum atomic E-state index is 13.1. The highest BCUT2D eigenvalue weighted by atomic mass is 32.2. The first-order valence-electron chi connectivity index (χ1n) is 11.2. The van der Waals surface area contributed by atoms with E-state index in [1.54, 1.807) is 23.9 Å². The van der Waals surface area contributed by atoms with E-state index in [-0.39, 0.29) is 12.0 Å². The van der Waals surface area contributed by atoms with E-state index in [2.05, 4.69) is 5.32 Å². The van der Waals surface area contributed by atoms with Gasteiger partial charge in [-0.2, -0.15) is 16.9 Å². The van der Waals surface area contributed by atoms with Gasteiger partial charge < -0.3 is 14.8 Å².